The lowest BCUT2D eigenvalue weighted by Gasteiger charge is -2.22. The number of nitrogens with two attached hydrogens (primary N) is 1. The number of unbranched alkanes of at least 4 members (excludes halogenated alkanes) is 8. The molecule has 1 aromatic heterocycles. The number of carbonyl (C=O) groups excluding carboxylic acids is 7. The van der Waals surface area contributed by atoms with Gasteiger partial charge in [-0.2, -0.15) is 0 Å². The first-order chi connectivity index (χ1) is 34.4. The topological polar surface area (TPSA) is 265 Å². The van der Waals surface area contributed by atoms with Gasteiger partial charge < -0.3 is 46.6 Å². The van der Waals surface area contributed by atoms with E-state index in [0.29, 0.717) is 32.2 Å². The number of H-pyrrole nitrogens is 1. The summed E-state index contributed by atoms with van der Waals surface area (Å²) in [7, 11) is 0. The number of carboxylic acid groups (broad SMARTS) is 1. The van der Waals surface area contributed by atoms with Gasteiger partial charge in [-0.1, -0.05) is 117 Å². The first-order valence-corrected chi connectivity index (χ1v) is 25.0. The minimum absolute atomic E-state index is 0.0206. The van der Waals surface area contributed by atoms with Crippen LogP contribution in [-0.2, 0) is 62.7 Å². The van der Waals surface area contributed by atoms with Gasteiger partial charge in [-0.3, -0.25) is 28.8 Å². The maximum atomic E-state index is 14.3. The van der Waals surface area contributed by atoms with Crippen molar-refractivity contribution >= 4 is 58.3 Å². The Labute approximate surface area is 416 Å². The van der Waals surface area contributed by atoms with Gasteiger partial charge in [-0.15, -0.1) is 0 Å². The Kier molecular flexibility index (Phi) is 26.1. The number of aromatic nitrogens is 1. The highest BCUT2D eigenvalue weighted by Crippen LogP contribution is 2.24. The molecule has 0 spiro atoms. The summed E-state index contributed by atoms with van der Waals surface area (Å²) in [5, 5.41) is 21.1. The van der Waals surface area contributed by atoms with Crippen molar-refractivity contribution in [2.45, 2.75) is 147 Å². The zero-order valence-corrected chi connectivity index (χ0v) is 40.8. The summed E-state index contributed by atoms with van der Waals surface area (Å²) in [4.78, 5) is 106. The number of esters is 1. The summed E-state index contributed by atoms with van der Waals surface area (Å²) in [6.45, 7) is 0.227. The average Bonchev–Trinajstić information content (AvgIpc) is 3.77. The highest BCUT2D eigenvalue weighted by molar-refractivity contribution is 5.92. The first-order valence-electron chi connectivity index (χ1n) is 25.0. The van der Waals surface area contributed by atoms with E-state index in [-0.39, 0.29) is 76.5 Å². The minimum Gasteiger partial charge on any atom is -0.481 e. The van der Waals surface area contributed by atoms with E-state index >= 15 is 0 Å². The molecule has 0 bridgehead atoms. The number of hydrogen-bond donors (Lipinski definition) is 7. The van der Waals surface area contributed by atoms with Gasteiger partial charge in [0.25, 0.3) is 0 Å². The van der Waals surface area contributed by atoms with Gasteiger partial charge in [0.05, 0.1) is 6.04 Å². The molecule has 1 heterocycles. The van der Waals surface area contributed by atoms with E-state index in [2.05, 4.69) is 26.3 Å². The second kappa shape index (κ2) is 32.7. The number of rotatable bonds is 36. The summed E-state index contributed by atoms with van der Waals surface area (Å²) in [6, 6.07) is 23.5. The number of para-hydroxylation sites is 1. The van der Waals surface area contributed by atoms with Crippen LogP contribution in [0.1, 0.15) is 132 Å². The van der Waals surface area contributed by atoms with Gasteiger partial charge in [0.1, 0.15) is 19.3 Å². The van der Waals surface area contributed by atoms with E-state index in [0.717, 1.165) is 79.0 Å². The molecular formula is C54H72N6O11. The van der Waals surface area contributed by atoms with Gasteiger partial charge in [0.2, 0.25) is 23.6 Å². The molecule has 17 nitrogen and oxygen atoms in total. The maximum Gasteiger partial charge on any atom is 0.408 e. The second-order valence-electron chi connectivity index (χ2n) is 17.9. The van der Waals surface area contributed by atoms with Gasteiger partial charge in [-0.25, -0.2) is 9.59 Å². The van der Waals surface area contributed by atoms with E-state index in [1.165, 1.54) is 0 Å². The van der Waals surface area contributed by atoms with E-state index < -0.39 is 53.6 Å². The molecule has 3 atom stereocenters. The first kappa shape index (κ1) is 56.5. The fourth-order valence-corrected chi connectivity index (χ4v) is 8.09. The van der Waals surface area contributed by atoms with Crippen LogP contribution in [0.25, 0.3) is 10.9 Å². The summed E-state index contributed by atoms with van der Waals surface area (Å²) >= 11 is 0. The third kappa shape index (κ3) is 23.4. The zero-order chi connectivity index (χ0) is 51.1. The standard InChI is InChI=1S/C54H72N6O11/c55-48(62)27-13-5-3-1-2-4-6-14-28-49(63)56-32-18-17-26-45(60-54(69)71-38-40-22-11-8-12-23-40)47(61)35-41(34-42-36-58-44-25-16-15-24-43(42)44)52(67)57-33-31-46(59-50(64)29-19-30-51(65)66)53(68)70-37-39-20-9-7-10-21-39/h7-12,15-16,20-25,36,41,45-46,58H,1-6,13-14,17-19,26-35,37-38H2,(H2,55,62)(H,56,63)(H,57,67)(H,59,64)(H,60,69)(H,65,66)/t41-,45-,46+/m0/s1. The normalized spacial score (nSPS) is 12.2. The molecule has 5 amide bonds. The molecule has 3 aromatic carbocycles. The number of carboxylic acids is 1. The molecule has 4 rings (SSSR count). The molecule has 0 aliphatic rings. The van der Waals surface area contributed by atoms with Crippen molar-refractivity contribution in [2.75, 3.05) is 13.1 Å². The van der Waals surface area contributed by atoms with Crippen molar-refractivity contribution in [3.63, 3.8) is 0 Å². The van der Waals surface area contributed by atoms with Crippen LogP contribution in [0.3, 0.4) is 0 Å². The van der Waals surface area contributed by atoms with Crippen molar-refractivity contribution in [3.8, 4) is 0 Å². The summed E-state index contributed by atoms with van der Waals surface area (Å²) < 4.78 is 11.0. The lowest BCUT2D eigenvalue weighted by atomic mass is 9.90. The molecule has 71 heavy (non-hydrogen) atoms. The summed E-state index contributed by atoms with van der Waals surface area (Å²) in [5.41, 5.74) is 8.32. The third-order valence-electron chi connectivity index (χ3n) is 12.0. The van der Waals surface area contributed by atoms with Crippen LogP contribution < -0.4 is 27.0 Å². The summed E-state index contributed by atoms with van der Waals surface area (Å²) in [6.07, 6.45) is 10.4. The molecule has 4 aromatic rings. The lowest BCUT2D eigenvalue weighted by Crippen LogP contribution is -2.45. The quantitative estimate of drug-likeness (QED) is 0.0176. The molecule has 0 aliphatic heterocycles. The predicted molar refractivity (Wildman–Crippen MR) is 268 cm³/mol. The Morgan fingerprint density at radius 1 is 0.577 bits per heavy atom. The number of nitrogens with one attached hydrogen (secondary N) is 5. The Balaban J connectivity index is 1.38. The number of primary amides is 1. The number of fused-ring (bicyclic) bond motifs is 1. The second-order valence-corrected chi connectivity index (χ2v) is 17.9. The van der Waals surface area contributed by atoms with Crippen LogP contribution in [-0.4, -0.2) is 82.7 Å². The number of aliphatic carboxylic acids is 1. The molecule has 384 valence electrons. The highest BCUT2D eigenvalue weighted by Gasteiger charge is 2.30. The summed E-state index contributed by atoms with van der Waals surface area (Å²) in [5.74, 6) is -4.45. The molecule has 0 unspecified atom stereocenters. The lowest BCUT2D eigenvalue weighted by molar-refractivity contribution is -0.149. The zero-order valence-electron chi connectivity index (χ0n) is 40.8. The van der Waals surface area contributed by atoms with Crippen LogP contribution in [0.15, 0.2) is 91.1 Å². The molecule has 0 aliphatic carbocycles. The number of ether oxygens (including phenoxy) is 2. The molecular weight excluding hydrogens is 909 g/mol. The van der Waals surface area contributed by atoms with Crippen molar-refractivity contribution < 1.29 is 52.9 Å². The average molecular weight is 981 g/mol. The Morgan fingerprint density at radius 3 is 1.85 bits per heavy atom. The van der Waals surface area contributed by atoms with E-state index in [1.54, 1.807) is 30.5 Å². The number of aromatic amines is 1. The van der Waals surface area contributed by atoms with Crippen molar-refractivity contribution in [3.05, 3.63) is 108 Å². The monoisotopic (exact) mass is 981 g/mol. The highest BCUT2D eigenvalue weighted by atomic mass is 16.5. The maximum absolute atomic E-state index is 14.3. The number of Topliss-reactive ketones (excluding diaryl/α,β-unsaturated/α-hetero) is 1. The van der Waals surface area contributed by atoms with E-state index in [4.69, 9.17) is 20.3 Å². The van der Waals surface area contributed by atoms with Crippen LogP contribution in [0.5, 0.6) is 0 Å². The number of hydrogen-bond acceptors (Lipinski definition) is 10. The predicted octanol–water partition coefficient (Wildman–Crippen LogP) is 7.24. The minimum atomic E-state index is -1.17. The molecule has 8 N–H and O–H groups in total. The fraction of sp³-hybridized carbons (Fsp3) is 0.481. The molecule has 0 radical (unpaired) electrons. The van der Waals surface area contributed by atoms with Crippen molar-refractivity contribution in [1.82, 2.24) is 26.3 Å². The van der Waals surface area contributed by atoms with Crippen molar-refractivity contribution in [2.24, 2.45) is 11.7 Å². The Hall–Kier alpha value is -7.04. The number of ketones is 1. The number of amides is 5. The van der Waals surface area contributed by atoms with Gasteiger partial charge in [-0.05, 0) is 74.1 Å². The SMILES string of the molecule is NC(=O)CCCCCCCCCCC(=O)NCCCC[C@H](NC(=O)OCc1ccccc1)C(=O)C[C@H](Cc1c[nH]c2ccccc12)C(=O)NCC[C@@H](NC(=O)CCCC(=O)O)C(=O)OCc1ccccc1. The smallest absolute Gasteiger partial charge is 0.408 e. The van der Waals surface area contributed by atoms with E-state index in [9.17, 15) is 38.4 Å². The number of alkyl carbamates (subject to hydrolysis) is 1. The fourth-order valence-electron chi connectivity index (χ4n) is 8.09. The van der Waals surface area contributed by atoms with Gasteiger partial charge in [0, 0.05) is 68.2 Å². The number of benzene rings is 3. The third-order valence-corrected chi connectivity index (χ3v) is 12.0. The molecule has 0 fully saturated rings. The largest absolute Gasteiger partial charge is 0.481 e. The van der Waals surface area contributed by atoms with E-state index in [1.807, 2.05) is 60.7 Å². The van der Waals surface area contributed by atoms with Crippen LogP contribution in [0, 0.1) is 5.92 Å². The Morgan fingerprint density at radius 2 is 1.18 bits per heavy atom. The van der Waals surface area contributed by atoms with Gasteiger partial charge in [0.15, 0.2) is 5.78 Å². The number of carbonyl (C=O) groups is 8. The van der Waals surface area contributed by atoms with Crippen LogP contribution in [0.4, 0.5) is 4.79 Å². The van der Waals surface area contributed by atoms with Crippen LogP contribution in [0.2, 0.25) is 0 Å². The molecule has 0 saturated carbocycles. The Bertz CT molecular complexity index is 2290. The van der Waals surface area contributed by atoms with Gasteiger partial charge >= 0.3 is 18.0 Å². The molecule has 0 saturated heterocycles. The van der Waals surface area contributed by atoms with Crippen LogP contribution >= 0.6 is 0 Å². The molecule has 17 heteroatoms. The van der Waals surface area contributed by atoms with Crippen molar-refractivity contribution in [1.29, 1.82) is 0 Å².